The Bertz CT molecular complexity index is 868. The largest absolute Gasteiger partial charge is 0.486 e. The molecule has 0 radical (unpaired) electrons. The van der Waals surface area contributed by atoms with Crippen LogP contribution in [0.5, 0.6) is 11.5 Å². The van der Waals surface area contributed by atoms with E-state index in [4.69, 9.17) is 9.47 Å². The Hall–Kier alpha value is -3.22. The molecule has 0 saturated carbocycles. The second kappa shape index (κ2) is 7.57. The third-order valence-electron chi connectivity index (χ3n) is 4.64. The Morgan fingerprint density at radius 3 is 2.63 bits per heavy atom. The number of carbonyl (C=O) groups excluding carboxylic acids is 2. The standard InChI is InChI=1S/C20H21N3O4/c24-19(22-16-5-6-17-18(11-16)27-10-9-26-17)12-21-20(25)23-8-7-14-3-1-2-4-15(14)13-23/h1-6,11H,7-10,12-13H2,(H,21,25)(H,22,24). The van der Waals surface area contributed by atoms with Crippen molar-refractivity contribution in [2.45, 2.75) is 13.0 Å². The minimum Gasteiger partial charge on any atom is -0.486 e. The molecule has 0 bridgehead atoms. The van der Waals surface area contributed by atoms with Crippen LogP contribution in [0.3, 0.4) is 0 Å². The Balaban J connectivity index is 1.29. The molecule has 4 rings (SSSR count). The summed E-state index contributed by atoms with van der Waals surface area (Å²) in [5, 5.41) is 5.44. The second-order valence-corrected chi connectivity index (χ2v) is 6.51. The van der Waals surface area contributed by atoms with Gasteiger partial charge in [-0.2, -0.15) is 0 Å². The highest BCUT2D eigenvalue weighted by molar-refractivity contribution is 5.94. The number of hydrogen-bond donors (Lipinski definition) is 2. The highest BCUT2D eigenvalue weighted by Gasteiger charge is 2.20. The highest BCUT2D eigenvalue weighted by Crippen LogP contribution is 2.32. The van der Waals surface area contributed by atoms with Crippen LogP contribution >= 0.6 is 0 Å². The molecule has 2 aliphatic heterocycles. The summed E-state index contributed by atoms with van der Waals surface area (Å²) < 4.78 is 11.0. The molecule has 2 aromatic rings. The molecular weight excluding hydrogens is 346 g/mol. The lowest BCUT2D eigenvalue weighted by atomic mass is 10.0. The molecule has 7 heteroatoms. The summed E-state index contributed by atoms with van der Waals surface area (Å²) >= 11 is 0. The zero-order valence-electron chi connectivity index (χ0n) is 14.9. The van der Waals surface area contributed by atoms with Gasteiger partial charge < -0.3 is 25.0 Å². The molecule has 0 unspecified atom stereocenters. The van der Waals surface area contributed by atoms with Gasteiger partial charge in [-0.3, -0.25) is 4.79 Å². The molecule has 2 aliphatic rings. The number of hydrogen-bond acceptors (Lipinski definition) is 4. The molecule has 0 aromatic heterocycles. The first-order valence-electron chi connectivity index (χ1n) is 8.98. The number of carbonyl (C=O) groups is 2. The summed E-state index contributed by atoms with van der Waals surface area (Å²) in [4.78, 5) is 26.2. The van der Waals surface area contributed by atoms with Gasteiger partial charge in [-0.05, 0) is 29.7 Å². The minimum atomic E-state index is -0.294. The summed E-state index contributed by atoms with van der Waals surface area (Å²) in [7, 11) is 0. The van der Waals surface area contributed by atoms with Gasteiger partial charge in [-0.15, -0.1) is 0 Å². The van der Waals surface area contributed by atoms with E-state index >= 15 is 0 Å². The maximum atomic E-state index is 12.4. The van der Waals surface area contributed by atoms with Gasteiger partial charge in [0.15, 0.2) is 11.5 Å². The van der Waals surface area contributed by atoms with Crippen molar-refractivity contribution in [2.24, 2.45) is 0 Å². The van der Waals surface area contributed by atoms with Crippen LogP contribution in [-0.4, -0.2) is 43.1 Å². The molecule has 140 valence electrons. The molecular formula is C20H21N3O4. The van der Waals surface area contributed by atoms with Crippen molar-refractivity contribution < 1.29 is 19.1 Å². The van der Waals surface area contributed by atoms with Crippen LogP contribution in [0, 0.1) is 0 Å². The zero-order valence-corrected chi connectivity index (χ0v) is 14.9. The smallest absolute Gasteiger partial charge is 0.318 e. The van der Waals surface area contributed by atoms with Gasteiger partial charge in [0.05, 0.1) is 6.54 Å². The van der Waals surface area contributed by atoms with Crippen LogP contribution < -0.4 is 20.1 Å². The first-order valence-corrected chi connectivity index (χ1v) is 8.98. The van der Waals surface area contributed by atoms with Crippen LogP contribution in [0.2, 0.25) is 0 Å². The van der Waals surface area contributed by atoms with Gasteiger partial charge in [-0.1, -0.05) is 24.3 Å². The lowest BCUT2D eigenvalue weighted by molar-refractivity contribution is -0.115. The number of benzene rings is 2. The third-order valence-corrected chi connectivity index (χ3v) is 4.64. The fourth-order valence-electron chi connectivity index (χ4n) is 3.26. The van der Waals surface area contributed by atoms with E-state index < -0.39 is 0 Å². The Morgan fingerprint density at radius 2 is 1.78 bits per heavy atom. The molecule has 0 atom stereocenters. The number of amides is 3. The second-order valence-electron chi connectivity index (χ2n) is 6.51. The summed E-state index contributed by atoms with van der Waals surface area (Å²) in [6, 6.07) is 13.1. The van der Waals surface area contributed by atoms with Gasteiger partial charge in [0.1, 0.15) is 13.2 Å². The number of nitrogens with one attached hydrogen (secondary N) is 2. The van der Waals surface area contributed by atoms with Crippen molar-refractivity contribution in [3.05, 3.63) is 53.6 Å². The SMILES string of the molecule is O=C(CNC(=O)N1CCc2ccccc2C1)Nc1ccc2c(c1)OCCO2. The molecule has 2 N–H and O–H groups in total. The van der Waals surface area contributed by atoms with Crippen molar-refractivity contribution in [1.29, 1.82) is 0 Å². The summed E-state index contributed by atoms with van der Waals surface area (Å²) in [6.45, 7) is 2.12. The van der Waals surface area contributed by atoms with E-state index in [1.165, 1.54) is 5.56 Å². The Labute approximate surface area is 157 Å². The van der Waals surface area contributed by atoms with Crippen LogP contribution in [0.25, 0.3) is 0 Å². The first kappa shape index (κ1) is 17.2. The summed E-state index contributed by atoms with van der Waals surface area (Å²) in [6.07, 6.45) is 0.826. The van der Waals surface area contributed by atoms with E-state index in [0.29, 0.717) is 43.5 Å². The molecule has 27 heavy (non-hydrogen) atoms. The number of anilines is 1. The number of ether oxygens (including phenoxy) is 2. The van der Waals surface area contributed by atoms with Gasteiger partial charge in [0, 0.05) is 24.8 Å². The molecule has 2 aromatic carbocycles. The lowest BCUT2D eigenvalue weighted by Crippen LogP contribution is -2.45. The molecule has 2 heterocycles. The number of urea groups is 1. The van der Waals surface area contributed by atoms with Crippen LogP contribution in [0.1, 0.15) is 11.1 Å². The van der Waals surface area contributed by atoms with E-state index in [1.807, 2.05) is 18.2 Å². The van der Waals surface area contributed by atoms with Crippen LogP contribution in [-0.2, 0) is 17.8 Å². The zero-order chi connectivity index (χ0) is 18.6. The van der Waals surface area contributed by atoms with Crippen LogP contribution in [0.4, 0.5) is 10.5 Å². The first-order chi connectivity index (χ1) is 13.2. The van der Waals surface area contributed by atoms with E-state index in [1.54, 1.807) is 23.1 Å². The highest BCUT2D eigenvalue weighted by atomic mass is 16.6. The van der Waals surface area contributed by atoms with E-state index in [-0.39, 0.29) is 18.5 Å². The minimum absolute atomic E-state index is 0.0918. The maximum Gasteiger partial charge on any atom is 0.318 e. The fourth-order valence-corrected chi connectivity index (χ4v) is 3.26. The Kier molecular flexibility index (Phi) is 4.82. The quantitative estimate of drug-likeness (QED) is 0.871. The van der Waals surface area contributed by atoms with Crippen molar-refractivity contribution in [3.63, 3.8) is 0 Å². The van der Waals surface area contributed by atoms with E-state index in [2.05, 4.69) is 16.7 Å². The monoisotopic (exact) mass is 367 g/mol. The Morgan fingerprint density at radius 1 is 1.00 bits per heavy atom. The predicted octanol–water partition coefficient (Wildman–Crippen LogP) is 2.16. The van der Waals surface area contributed by atoms with Crippen LogP contribution in [0.15, 0.2) is 42.5 Å². The van der Waals surface area contributed by atoms with E-state index in [0.717, 1.165) is 12.0 Å². The molecule has 0 fully saturated rings. The average Bonchev–Trinajstić information content (AvgIpc) is 2.71. The van der Waals surface area contributed by atoms with Crippen molar-refractivity contribution in [2.75, 3.05) is 31.6 Å². The average molecular weight is 367 g/mol. The lowest BCUT2D eigenvalue weighted by Gasteiger charge is -2.28. The van der Waals surface area contributed by atoms with Crippen molar-refractivity contribution >= 4 is 17.6 Å². The molecule has 0 saturated heterocycles. The summed E-state index contributed by atoms with van der Waals surface area (Å²) in [5.74, 6) is 0.977. The van der Waals surface area contributed by atoms with Gasteiger partial charge in [0.25, 0.3) is 0 Å². The van der Waals surface area contributed by atoms with Crippen molar-refractivity contribution in [1.82, 2.24) is 10.2 Å². The van der Waals surface area contributed by atoms with Gasteiger partial charge in [0.2, 0.25) is 5.91 Å². The molecule has 0 aliphatic carbocycles. The number of fused-ring (bicyclic) bond motifs is 2. The normalized spacial score (nSPS) is 14.9. The fraction of sp³-hybridized carbons (Fsp3) is 0.300. The maximum absolute atomic E-state index is 12.4. The number of nitrogens with zero attached hydrogens (tertiary/aromatic N) is 1. The number of rotatable bonds is 3. The van der Waals surface area contributed by atoms with Gasteiger partial charge >= 0.3 is 6.03 Å². The van der Waals surface area contributed by atoms with Crippen molar-refractivity contribution in [3.8, 4) is 11.5 Å². The molecule has 3 amide bonds. The topological polar surface area (TPSA) is 79.9 Å². The predicted molar refractivity (Wildman–Crippen MR) is 100 cm³/mol. The molecule has 7 nitrogen and oxygen atoms in total. The van der Waals surface area contributed by atoms with Gasteiger partial charge in [-0.25, -0.2) is 4.79 Å². The van der Waals surface area contributed by atoms with E-state index in [9.17, 15) is 9.59 Å². The summed E-state index contributed by atoms with van der Waals surface area (Å²) in [5.41, 5.74) is 3.03. The third kappa shape index (κ3) is 3.97. The molecule has 0 spiro atoms.